The highest BCUT2D eigenvalue weighted by atomic mass is 27.0. The highest BCUT2D eigenvalue weighted by Gasteiger charge is 2.41. The second kappa shape index (κ2) is 11.7. The molecule has 0 radical (unpaired) electrons. The molecule has 0 saturated heterocycles. The molecule has 0 aromatic carbocycles. The number of aliphatic hydroxyl groups excluding tert-OH is 1. The molecule has 0 aliphatic rings. The fourth-order valence-electron chi connectivity index (χ4n) is 1.70. The van der Waals surface area contributed by atoms with Crippen LogP contribution in [0.5, 0.6) is 0 Å². The Bertz CT molecular complexity index is 214. The zero-order chi connectivity index (χ0) is 14.1. The second-order valence-corrected chi connectivity index (χ2v) is 4.54. The van der Waals surface area contributed by atoms with Gasteiger partial charge in [0, 0.05) is 6.10 Å². The van der Waals surface area contributed by atoms with Crippen molar-refractivity contribution in [2.24, 2.45) is 5.41 Å². The molecule has 0 spiro atoms. The number of hydrogen-bond donors (Lipinski definition) is 2. The van der Waals surface area contributed by atoms with Gasteiger partial charge < -0.3 is 10.2 Å². The van der Waals surface area contributed by atoms with E-state index in [-0.39, 0.29) is 29.2 Å². The molecule has 0 unspecified atom stereocenters. The molecule has 0 aliphatic carbocycles. The third-order valence-corrected chi connectivity index (χ3v) is 2.44. The summed E-state index contributed by atoms with van der Waals surface area (Å²) in [4.78, 5) is 22.3. The van der Waals surface area contributed by atoms with Crippen molar-refractivity contribution < 1.29 is 19.8 Å². The number of carboxylic acids is 1. The summed E-state index contributed by atoms with van der Waals surface area (Å²) >= 11 is 0. The van der Waals surface area contributed by atoms with Crippen LogP contribution in [0.4, 0.5) is 0 Å². The molecule has 108 valence electrons. The molecule has 18 heavy (non-hydrogen) atoms. The van der Waals surface area contributed by atoms with Crippen LogP contribution in [0.25, 0.3) is 0 Å². The molecule has 0 heterocycles. The fourth-order valence-corrected chi connectivity index (χ4v) is 1.70. The summed E-state index contributed by atoms with van der Waals surface area (Å²) in [5.41, 5.74) is -1.12. The van der Waals surface area contributed by atoms with Gasteiger partial charge in [0.2, 0.25) is 0 Å². The number of carbonyl (C=O) groups is 2. The quantitative estimate of drug-likeness (QED) is 0.569. The lowest BCUT2D eigenvalue weighted by molar-refractivity contribution is -0.155. The Balaban J connectivity index is -0.000000392. The Morgan fingerprint density at radius 3 is 1.50 bits per heavy atom. The van der Waals surface area contributed by atoms with Crippen molar-refractivity contribution in [3.63, 3.8) is 0 Å². The SMILES string of the molecule is CC(C)O.CCCC(CCC)(C(C)=O)C(=O)O.[AlH3]. The first-order valence-electron chi connectivity index (χ1n) is 6.17. The van der Waals surface area contributed by atoms with E-state index in [2.05, 4.69) is 0 Å². The van der Waals surface area contributed by atoms with Gasteiger partial charge in [-0.15, -0.1) is 0 Å². The standard InChI is InChI=1S/C10H18O3.C3H8O.Al.3H/c1-4-6-10(7-5-2,8(3)11)9(12)13;1-3(2)4;;;;/h4-7H2,1-3H3,(H,12,13);3-4H,1-2H3;;;;. The zero-order valence-electron chi connectivity index (χ0n) is 11.6. The van der Waals surface area contributed by atoms with Crippen LogP contribution in [0.1, 0.15) is 60.3 Å². The Labute approximate surface area is 121 Å². The maximum atomic E-state index is 11.3. The number of Topliss-reactive ketones (excluding diaryl/α,β-unsaturated/α-hetero) is 1. The minimum absolute atomic E-state index is 0. The molecule has 0 aromatic heterocycles. The molecule has 0 fully saturated rings. The molecule has 4 nitrogen and oxygen atoms in total. The Morgan fingerprint density at radius 1 is 1.11 bits per heavy atom. The highest BCUT2D eigenvalue weighted by Crippen LogP contribution is 2.31. The minimum Gasteiger partial charge on any atom is -0.480 e. The topological polar surface area (TPSA) is 74.6 Å². The Morgan fingerprint density at radius 2 is 1.39 bits per heavy atom. The first-order valence-corrected chi connectivity index (χ1v) is 6.17. The smallest absolute Gasteiger partial charge is 0.317 e. The molecular formula is C13H29AlO4. The van der Waals surface area contributed by atoms with E-state index in [1.807, 2.05) is 13.8 Å². The van der Waals surface area contributed by atoms with Crippen LogP contribution in [0.15, 0.2) is 0 Å². The largest absolute Gasteiger partial charge is 0.480 e. The van der Waals surface area contributed by atoms with E-state index in [1.54, 1.807) is 13.8 Å². The maximum Gasteiger partial charge on any atom is 0.317 e. The summed E-state index contributed by atoms with van der Waals surface area (Å²) in [5.74, 6) is -1.19. The van der Waals surface area contributed by atoms with Crippen molar-refractivity contribution >= 4 is 29.1 Å². The van der Waals surface area contributed by atoms with Gasteiger partial charge in [-0.3, -0.25) is 9.59 Å². The van der Waals surface area contributed by atoms with Crippen LogP contribution in [-0.2, 0) is 9.59 Å². The van der Waals surface area contributed by atoms with Gasteiger partial charge in [-0.25, -0.2) is 0 Å². The summed E-state index contributed by atoms with van der Waals surface area (Å²) in [7, 11) is 0. The average molecular weight is 276 g/mol. The molecule has 2 N–H and O–H groups in total. The minimum atomic E-state index is -1.12. The van der Waals surface area contributed by atoms with Crippen LogP contribution in [-0.4, -0.2) is 45.4 Å². The van der Waals surface area contributed by atoms with Gasteiger partial charge in [0.15, 0.2) is 17.4 Å². The fraction of sp³-hybridized carbons (Fsp3) is 0.846. The van der Waals surface area contributed by atoms with Gasteiger partial charge in [0.05, 0.1) is 0 Å². The number of ketones is 1. The summed E-state index contributed by atoms with van der Waals surface area (Å²) in [6, 6.07) is 0. The highest BCUT2D eigenvalue weighted by molar-refractivity contribution is 6.01. The number of rotatable bonds is 6. The van der Waals surface area contributed by atoms with Gasteiger partial charge in [-0.1, -0.05) is 26.7 Å². The van der Waals surface area contributed by atoms with E-state index in [9.17, 15) is 9.59 Å². The number of carbonyl (C=O) groups excluding carboxylic acids is 1. The van der Waals surface area contributed by atoms with Crippen molar-refractivity contribution in [3.8, 4) is 0 Å². The lowest BCUT2D eigenvalue weighted by Crippen LogP contribution is -2.37. The van der Waals surface area contributed by atoms with E-state index in [0.717, 1.165) is 12.8 Å². The Hall–Kier alpha value is -0.368. The van der Waals surface area contributed by atoms with Crippen molar-refractivity contribution in [2.45, 2.75) is 66.4 Å². The van der Waals surface area contributed by atoms with Crippen LogP contribution in [0.3, 0.4) is 0 Å². The molecule has 0 atom stereocenters. The van der Waals surface area contributed by atoms with Gasteiger partial charge in [-0.05, 0) is 33.6 Å². The molecule has 0 bridgehead atoms. The van der Waals surface area contributed by atoms with E-state index < -0.39 is 11.4 Å². The molecule has 0 rings (SSSR count). The van der Waals surface area contributed by atoms with Gasteiger partial charge in [0.25, 0.3) is 0 Å². The number of carboxylic acid groups (broad SMARTS) is 1. The van der Waals surface area contributed by atoms with Gasteiger partial charge in [0.1, 0.15) is 11.2 Å². The molecule has 0 saturated carbocycles. The van der Waals surface area contributed by atoms with Crippen molar-refractivity contribution in [2.75, 3.05) is 0 Å². The molecule has 0 aromatic rings. The van der Waals surface area contributed by atoms with Crippen molar-refractivity contribution in [1.82, 2.24) is 0 Å². The third kappa shape index (κ3) is 8.68. The molecule has 5 heteroatoms. The van der Waals surface area contributed by atoms with Gasteiger partial charge in [-0.2, -0.15) is 0 Å². The number of hydrogen-bond acceptors (Lipinski definition) is 3. The lowest BCUT2D eigenvalue weighted by Gasteiger charge is -2.25. The van der Waals surface area contributed by atoms with E-state index in [1.165, 1.54) is 6.92 Å². The molecule has 0 aliphatic heterocycles. The summed E-state index contributed by atoms with van der Waals surface area (Å²) in [6.45, 7) is 8.62. The van der Waals surface area contributed by atoms with E-state index in [0.29, 0.717) is 12.8 Å². The van der Waals surface area contributed by atoms with Crippen LogP contribution < -0.4 is 0 Å². The second-order valence-electron chi connectivity index (χ2n) is 4.54. The first-order chi connectivity index (χ1) is 7.74. The van der Waals surface area contributed by atoms with Crippen molar-refractivity contribution in [1.29, 1.82) is 0 Å². The van der Waals surface area contributed by atoms with E-state index in [4.69, 9.17) is 10.2 Å². The summed E-state index contributed by atoms with van der Waals surface area (Å²) < 4.78 is 0. The Kier molecular flexibility index (Phi) is 14.8. The third-order valence-electron chi connectivity index (χ3n) is 2.44. The number of aliphatic carboxylic acids is 1. The first kappa shape index (κ1) is 22.8. The predicted molar refractivity (Wildman–Crippen MR) is 77.9 cm³/mol. The average Bonchev–Trinajstić information content (AvgIpc) is 2.15. The van der Waals surface area contributed by atoms with E-state index >= 15 is 0 Å². The summed E-state index contributed by atoms with van der Waals surface area (Å²) in [6.07, 6.45) is 2.19. The monoisotopic (exact) mass is 276 g/mol. The maximum absolute atomic E-state index is 11.3. The summed E-state index contributed by atoms with van der Waals surface area (Å²) in [5, 5.41) is 17.1. The zero-order valence-corrected chi connectivity index (χ0v) is 11.6. The molecular weight excluding hydrogens is 247 g/mol. The normalized spacial score (nSPS) is 10.2. The van der Waals surface area contributed by atoms with Crippen LogP contribution >= 0.6 is 0 Å². The van der Waals surface area contributed by atoms with Gasteiger partial charge >= 0.3 is 5.97 Å². The molecule has 0 amide bonds. The predicted octanol–water partition coefficient (Wildman–Crippen LogP) is 1.45. The van der Waals surface area contributed by atoms with Crippen molar-refractivity contribution in [3.05, 3.63) is 0 Å². The number of aliphatic hydroxyl groups is 1. The van der Waals surface area contributed by atoms with Crippen LogP contribution in [0, 0.1) is 5.41 Å². The lowest BCUT2D eigenvalue weighted by atomic mass is 9.76. The van der Waals surface area contributed by atoms with Crippen LogP contribution in [0.2, 0.25) is 0 Å².